The molecule has 0 aromatic heterocycles. The minimum Gasteiger partial charge on any atom is -0.497 e. The number of likely N-dealkylation sites (tertiary alicyclic amines) is 1. The van der Waals surface area contributed by atoms with Gasteiger partial charge >= 0.3 is 0 Å². The van der Waals surface area contributed by atoms with Gasteiger partial charge in [-0.1, -0.05) is 0 Å². The fourth-order valence-corrected chi connectivity index (χ4v) is 2.75. The number of fused-ring (bicyclic) bond motifs is 2. The van der Waals surface area contributed by atoms with E-state index in [9.17, 15) is 9.18 Å². The zero-order valence-corrected chi connectivity index (χ0v) is 10.8. The first-order valence-electron chi connectivity index (χ1n) is 6.45. The van der Waals surface area contributed by atoms with E-state index in [0.29, 0.717) is 18.8 Å². The van der Waals surface area contributed by atoms with Crippen LogP contribution in [0.5, 0.6) is 5.75 Å². The molecule has 2 heterocycles. The summed E-state index contributed by atoms with van der Waals surface area (Å²) in [6.07, 6.45) is 2.20. The minimum atomic E-state index is -0.539. The topological polar surface area (TPSA) is 38.8 Å². The third kappa shape index (κ3) is 2.30. The average Bonchev–Trinajstić information content (AvgIpc) is 2.76. The van der Waals surface area contributed by atoms with Crippen molar-refractivity contribution >= 4 is 5.91 Å². The average molecular weight is 265 g/mol. The van der Waals surface area contributed by atoms with E-state index in [1.807, 2.05) is 0 Å². The molecule has 1 aromatic carbocycles. The lowest BCUT2D eigenvalue weighted by Gasteiger charge is -2.32. The highest BCUT2D eigenvalue weighted by molar-refractivity contribution is 5.94. The summed E-state index contributed by atoms with van der Waals surface area (Å²) in [7, 11) is 1.47. The van der Waals surface area contributed by atoms with E-state index in [4.69, 9.17) is 9.47 Å². The molecule has 3 rings (SSSR count). The monoisotopic (exact) mass is 265 g/mol. The lowest BCUT2D eigenvalue weighted by Crippen LogP contribution is -2.46. The van der Waals surface area contributed by atoms with E-state index in [-0.39, 0.29) is 23.7 Å². The molecular weight excluding hydrogens is 249 g/mol. The van der Waals surface area contributed by atoms with Gasteiger partial charge in [-0.25, -0.2) is 4.39 Å². The Hall–Kier alpha value is -1.62. The van der Waals surface area contributed by atoms with Crippen LogP contribution in [0.15, 0.2) is 18.2 Å². The van der Waals surface area contributed by atoms with Crippen molar-refractivity contribution in [3.8, 4) is 5.75 Å². The number of rotatable bonds is 2. The number of nitrogens with zero attached hydrogens (tertiary/aromatic N) is 1. The third-order valence-corrected chi connectivity index (χ3v) is 3.74. The van der Waals surface area contributed by atoms with Crippen LogP contribution in [0.2, 0.25) is 0 Å². The summed E-state index contributed by atoms with van der Waals surface area (Å²) < 4.78 is 24.5. The molecule has 102 valence electrons. The zero-order chi connectivity index (χ0) is 13.4. The maximum atomic E-state index is 13.9. The number of carbonyl (C=O) groups is 1. The molecule has 19 heavy (non-hydrogen) atoms. The van der Waals surface area contributed by atoms with E-state index in [2.05, 4.69) is 0 Å². The molecule has 2 unspecified atom stereocenters. The first-order valence-corrected chi connectivity index (χ1v) is 6.45. The van der Waals surface area contributed by atoms with Crippen LogP contribution >= 0.6 is 0 Å². The Morgan fingerprint density at radius 3 is 2.63 bits per heavy atom. The summed E-state index contributed by atoms with van der Waals surface area (Å²) >= 11 is 0. The maximum Gasteiger partial charge on any atom is 0.257 e. The van der Waals surface area contributed by atoms with E-state index in [1.54, 1.807) is 11.0 Å². The Kier molecular flexibility index (Phi) is 3.14. The van der Waals surface area contributed by atoms with Crippen LogP contribution in [-0.4, -0.2) is 43.2 Å². The number of carbonyl (C=O) groups excluding carboxylic acids is 1. The molecule has 2 aliphatic heterocycles. The van der Waals surface area contributed by atoms with E-state index < -0.39 is 5.82 Å². The summed E-state index contributed by atoms with van der Waals surface area (Å²) in [5, 5.41) is 0. The Balaban J connectivity index is 1.80. The van der Waals surface area contributed by atoms with Gasteiger partial charge < -0.3 is 14.4 Å². The summed E-state index contributed by atoms with van der Waals surface area (Å²) in [4.78, 5) is 14.0. The molecular formula is C14H16FNO3. The highest BCUT2D eigenvalue weighted by atomic mass is 19.1. The smallest absolute Gasteiger partial charge is 0.257 e. The Morgan fingerprint density at radius 1 is 1.37 bits per heavy atom. The van der Waals surface area contributed by atoms with Gasteiger partial charge in [0, 0.05) is 19.2 Å². The molecule has 0 saturated carbocycles. The lowest BCUT2D eigenvalue weighted by atomic mass is 10.1. The highest BCUT2D eigenvalue weighted by Crippen LogP contribution is 2.28. The van der Waals surface area contributed by atoms with Crippen LogP contribution in [-0.2, 0) is 4.74 Å². The first-order chi connectivity index (χ1) is 9.17. The Labute approximate surface area is 111 Å². The number of methoxy groups -OCH3 is 1. The molecule has 1 aromatic rings. The minimum absolute atomic E-state index is 0.0992. The number of amides is 1. The summed E-state index contributed by atoms with van der Waals surface area (Å²) in [5.41, 5.74) is 0.0992. The summed E-state index contributed by atoms with van der Waals surface area (Å²) in [5.74, 6) is -0.389. The number of benzene rings is 1. The first kappa shape index (κ1) is 12.4. The molecule has 2 saturated heterocycles. The van der Waals surface area contributed by atoms with Gasteiger partial charge in [0.1, 0.15) is 11.6 Å². The van der Waals surface area contributed by atoms with Crippen LogP contribution in [0, 0.1) is 5.82 Å². The second-order valence-electron chi connectivity index (χ2n) is 5.01. The summed E-state index contributed by atoms with van der Waals surface area (Å²) in [6.45, 7) is 1.11. The lowest BCUT2D eigenvalue weighted by molar-refractivity contribution is -0.0304. The molecule has 1 amide bonds. The normalized spacial score (nSPS) is 25.5. The van der Waals surface area contributed by atoms with Crippen LogP contribution in [0.25, 0.3) is 0 Å². The highest BCUT2D eigenvalue weighted by Gasteiger charge is 2.36. The standard InChI is InChI=1S/C14H16FNO3/c1-18-9-4-5-12(13(15)6-9)14(17)16-7-10-2-3-11(8-16)19-10/h4-6,10-11H,2-3,7-8H2,1H3. The van der Waals surface area contributed by atoms with Crippen molar-refractivity contribution < 1.29 is 18.7 Å². The zero-order valence-electron chi connectivity index (χ0n) is 10.8. The van der Waals surface area contributed by atoms with Crippen LogP contribution in [0.1, 0.15) is 23.2 Å². The van der Waals surface area contributed by atoms with Gasteiger partial charge in [-0.05, 0) is 25.0 Å². The van der Waals surface area contributed by atoms with Gasteiger partial charge in [-0.2, -0.15) is 0 Å². The summed E-state index contributed by atoms with van der Waals surface area (Å²) in [6, 6.07) is 4.32. The SMILES string of the molecule is COc1ccc(C(=O)N2CC3CCC(C2)O3)c(F)c1. The van der Waals surface area contributed by atoms with E-state index in [0.717, 1.165) is 12.8 Å². The van der Waals surface area contributed by atoms with Crippen LogP contribution in [0.3, 0.4) is 0 Å². The fourth-order valence-electron chi connectivity index (χ4n) is 2.75. The number of hydrogen-bond donors (Lipinski definition) is 0. The van der Waals surface area contributed by atoms with Crippen molar-refractivity contribution in [2.24, 2.45) is 0 Å². The van der Waals surface area contributed by atoms with Gasteiger partial charge in [0.2, 0.25) is 0 Å². The predicted molar refractivity (Wildman–Crippen MR) is 66.8 cm³/mol. The molecule has 5 heteroatoms. The maximum absolute atomic E-state index is 13.9. The molecule has 0 spiro atoms. The molecule has 4 nitrogen and oxygen atoms in total. The van der Waals surface area contributed by atoms with Gasteiger partial charge in [-0.3, -0.25) is 4.79 Å². The number of hydrogen-bond acceptors (Lipinski definition) is 3. The number of ether oxygens (including phenoxy) is 2. The number of halogens is 1. The van der Waals surface area contributed by atoms with Crippen molar-refractivity contribution in [2.75, 3.05) is 20.2 Å². The molecule has 0 aliphatic carbocycles. The quantitative estimate of drug-likeness (QED) is 0.819. The van der Waals surface area contributed by atoms with Gasteiger partial charge in [0.15, 0.2) is 0 Å². The van der Waals surface area contributed by atoms with Crippen LogP contribution < -0.4 is 4.74 Å². The van der Waals surface area contributed by atoms with Crippen molar-refractivity contribution in [3.05, 3.63) is 29.6 Å². The second-order valence-corrected chi connectivity index (χ2v) is 5.01. The van der Waals surface area contributed by atoms with Crippen molar-refractivity contribution in [1.82, 2.24) is 4.90 Å². The number of morpholine rings is 1. The largest absolute Gasteiger partial charge is 0.497 e. The van der Waals surface area contributed by atoms with E-state index >= 15 is 0 Å². The second kappa shape index (κ2) is 4.81. The van der Waals surface area contributed by atoms with E-state index in [1.165, 1.54) is 19.2 Å². The predicted octanol–water partition coefficient (Wildman–Crippen LogP) is 1.84. The molecule has 2 aliphatic rings. The van der Waals surface area contributed by atoms with Gasteiger partial charge in [-0.15, -0.1) is 0 Å². The van der Waals surface area contributed by atoms with Crippen molar-refractivity contribution in [3.63, 3.8) is 0 Å². The third-order valence-electron chi connectivity index (χ3n) is 3.74. The van der Waals surface area contributed by atoms with Crippen molar-refractivity contribution in [2.45, 2.75) is 25.0 Å². The Bertz CT molecular complexity index is 493. The Morgan fingerprint density at radius 2 is 2.05 bits per heavy atom. The van der Waals surface area contributed by atoms with Gasteiger partial charge in [0.05, 0.1) is 24.9 Å². The molecule has 2 atom stereocenters. The molecule has 2 fully saturated rings. The fraction of sp³-hybridized carbons (Fsp3) is 0.500. The molecule has 0 N–H and O–H groups in total. The molecule has 0 radical (unpaired) electrons. The van der Waals surface area contributed by atoms with Crippen molar-refractivity contribution in [1.29, 1.82) is 0 Å². The molecule has 2 bridgehead atoms. The van der Waals surface area contributed by atoms with Gasteiger partial charge in [0.25, 0.3) is 5.91 Å². The van der Waals surface area contributed by atoms with Crippen LogP contribution in [0.4, 0.5) is 4.39 Å².